The van der Waals surface area contributed by atoms with Crippen LogP contribution in [0.4, 0.5) is 17.6 Å². The topological polar surface area (TPSA) is 56.3 Å². The van der Waals surface area contributed by atoms with E-state index in [0.717, 1.165) is 30.5 Å². The average molecular weight is 646 g/mol. The Balaban J connectivity index is 1.26. The zero-order valence-corrected chi connectivity index (χ0v) is 25.3. The number of nitrogens with zero attached hydrogens (tertiary/aromatic N) is 4. The standard InChI is InChI=1S/C30H34Cl2F4N4O3/c1-37(14-19-2-4-23(26(33)12-19)30(34,35)36)27-16-39(15-22(27)20-3-5-24(31)25(32)13-20)28(41)17-38-8-6-21(7-9-38)40-10-11-43-18-29(40)42/h2-5,12-13,21-22,27H,6-11,14-18H2,1H3. The van der Waals surface area contributed by atoms with Gasteiger partial charge >= 0.3 is 6.18 Å². The van der Waals surface area contributed by atoms with Gasteiger partial charge in [-0.2, -0.15) is 13.2 Å². The summed E-state index contributed by atoms with van der Waals surface area (Å²) in [5, 5.41) is 0.792. The average Bonchev–Trinajstić information content (AvgIpc) is 3.41. The second-order valence-electron chi connectivity index (χ2n) is 11.5. The molecule has 13 heteroatoms. The Morgan fingerprint density at radius 2 is 1.79 bits per heavy atom. The van der Waals surface area contributed by atoms with Crippen molar-refractivity contribution in [1.29, 1.82) is 0 Å². The van der Waals surface area contributed by atoms with Gasteiger partial charge in [-0.05, 0) is 55.3 Å². The molecule has 2 atom stereocenters. The third-order valence-electron chi connectivity index (χ3n) is 8.73. The number of benzene rings is 2. The Morgan fingerprint density at radius 3 is 2.44 bits per heavy atom. The molecule has 5 rings (SSSR count). The third-order valence-corrected chi connectivity index (χ3v) is 9.47. The summed E-state index contributed by atoms with van der Waals surface area (Å²) in [6.07, 6.45) is -3.19. The molecule has 3 aliphatic heterocycles. The maximum Gasteiger partial charge on any atom is 0.419 e. The number of alkyl halides is 3. The number of rotatable bonds is 7. The number of halogens is 6. The van der Waals surface area contributed by atoms with Gasteiger partial charge in [0.25, 0.3) is 0 Å². The first-order chi connectivity index (χ1) is 20.4. The Labute approximate surface area is 258 Å². The molecular weight excluding hydrogens is 611 g/mol. The third kappa shape index (κ3) is 7.45. The van der Waals surface area contributed by atoms with Crippen molar-refractivity contribution in [2.75, 3.05) is 59.5 Å². The minimum Gasteiger partial charge on any atom is -0.370 e. The number of likely N-dealkylation sites (N-methyl/N-ethyl adjacent to an activating group) is 1. The Morgan fingerprint density at radius 1 is 1.05 bits per heavy atom. The van der Waals surface area contributed by atoms with Crippen LogP contribution in [0.1, 0.15) is 35.4 Å². The summed E-state index contributed by atoms with van der Waals surface area (Å²) >= 11 is 12.5. The van der Waals surface area contributed by atoms with Crippen molar-refractivity contribution in [1.82, 2.24) is 19.6 Å². The van der Waals surface area contributed by atoms with Gasteiger partial charge < -0.3 is 14.5 Å². The lowest BCUT2D eigenvalue weighted by Crippen LogP contribution is -2.53. The quantitative estimate of drug-likeness (QED) is 0.402. The van der Waals surface area contributed by atoms with E-state index in [1.54, 1.807) is 17.0 Å². The van der Waals surface area contributed by atoms with Crippen LogP contribution < -0.4 is 0 Å². The Kier molecular flexibility index (Phi) is 9.87. The van der Waals surface area contributed by atoms with Crippen LogP contribution in [-0.4, -0.2) is 103 Å². The van der Waals surface area contributed by atoms with Crippen LogP contribution in [0.3, 0.4) is 0 Å². The highest BCUT2D eigenvalue weighted by Crippen LogP contribution is 2.36. The zero-order valence-electron chi connectivity index (χ0n) is 23.8. The van der Waals surface area contributed by atoms with Crippen molar-refractivity contribution >= 4 is 35.0 Å². The molecule has 2 unspecified atom stereocenters. The van der Waals surface area contributed by atoms with E-state index in [4.69, 9.17) is 27.9 Å². The molecule has 2 aromatic carbocycles. The number of morpholine rings is 1. The van der Waals surface area contributed by atoms with Crippen molar-refractivity contribution in [3.8, 4) is 0 Å². The van der Waals surface area contributed by atoms with Crippen molar-refractivity contribution in [3.05, 3.63) is 69.0 Å². The lowest BCUT2D eigenvalue weighted by molar-refractivity contribution is -0.147. The monoisotopic (exact) mass is 644 g/mol. The summed E-state index contributed by atoms with van der Waals surface area (Å²) in [5.74, 6) is -1.48. The van der Waals surface area contributed by atoms with Crippen molar-refractivity contribution in [3.63, 3.8) is 0 Å². The van der Waals surface area contributed by atoms with Crippen LogP contribution in [0.2, 0.25) is 10.0 Å². The number of hydrogen-bond donors (Lipinski definition) is 0. The number of ether oxygens (including phenoxy) is 1. The minimum atomic E-state index is -4.77. The van der Waals surface area contributed by atoms with Gasteiger partial charge in [0.05, 0.1) is 28.8 Å². The van der Waals surface area contributed by atoms with Crippen LogP contribution >= 0.6 is 23.2 Å². The first-order valence-electron chi connectivity index (χ1n) is 14.3. The van der Waals surface area contributed by atoms with Crippen LogP contribution in [0.15, 0.2) is 36.4 Å². The fraction of sp³-hybridized carbons (Fsp3) is 0.533. The van der Waals surface area contributed by atoms with Crippen molar-refractivity contribution in [2.45, 2.75) is 43.6 Å². The maximum atomic E-state index is 14.3. The highest BCUT2D eigenvalue weighted by atomic mass is 35.5. The summed E-state index contributed by atoms with van der Waals surface area (Å²) in [5.41, 5.74) is -0.0192. The SMILES string of the molecule is CN(Cc1ccc(C(F)(F)F)c(F)c1)C1CN(C(=O)CN2CCC(N3CCOCC3=O)CC2)CC1c1ccc(Cl)c(Cl)c1. The van der Waals surface area contributed by atoms with Gasteiger partial charge in [0.2, 0.25) is 11.8 Å². The first-order valence-corrected chi connectivity index (χ1v) is 15.0. The maximum absolute atomic E-state index is 14.3. The molecule has 2 amide bonds. The second-order valence-corrected chi connectivity index (χ2v) is 12.3. The lowest BCUT2D eigenvalue weighted by atomic mass is 9.93. The highest BCUT2D eigenvalue weighted by molar-refractivity contribution is 6.42. The molecule has 234 valence electrons. The fourth-order valence-corrected chi connectivity index (χ4v) is 6.70. The Hall–Kier alpha value is -2.44. The number of amides is 2. The zero-order chi connectivity index (χ0) is 30.9. The van der Waals surface area contributed by atoms with Gasteiger partial charge in [-0.1, -0.05) is 35.3 Å². The molecule has 2 aromatic rings. The predicted molar refractivity (Wildman–Crippen MR) is 154 cm³/mol. The fourth-order valence-electron chi connectivity index (χ4n) is 6.40. The number of carbonyl (C=O) groups is 2. The van der Waals surface area contributed by atoms with Crippen molar-refractivity contribution < 1.29 is 31.9 Å². The van der Waals surface area contributed by atoms with Gasteiger partial charge in [-0.25, -0.2) is 4.39 Å². The summed E-state index contributed by atoms with van der Waals surface area (Å²) in [4.78, 5) is 33.5. The van der Waals surface area contributed by atoms with Gasteiger partial charge in [-0.15, -0.1) is 0 Å². The van der Waals surface area contributed by atoms with E-state index in [9.17, 15) is 27.2 Å². The van der Waals surface area contributed by atoms with E-state index in [0.29, 0.717) is 54.9 Å². The molecule has 0 N–H and O–H groups in total. The molecule has 0 spiro atoms. The largest absolute Gasteiger partial charge is 0.419 e. The molecule has 3 saturated heterocycles. The minimum absolute atomic E-state index is 0.0142. The van der Waals surface area contributed by atoms with Gasteiger partial charge in [0.15, 0.2) is 0 Å². The number of likely N-dealkylation sites (tertiary alicyclic amines) is 2. The number of hydrogen-bond acceptors (Lipinski definition) is 5. The van der Waals surface area contributed by atoms with E-state index >= 15 is 0 Å². The van der Waals surface area contributed by atoms with Gasteiger partial charge in [-0.3, -0.25) is 19.4 Å². The number of carbonyl (C=O) groups excluding carboxylic acids is 2. The van der Waals surface area contributed by atoms with Crippen LogP contribution in [0, 0.1) is 5.82 Å². The summed E-state index contributed by atoms with van der Waals surface area (Å²) in [7, 11) is 1.82. The summed E-state index contributed by atoms with van der Waals surface area (Å²) < 4.78 is 58.7. The molecule has 0 radical (unpaired) electrons. The lowest BCUT2D eigenvalue weighted by Gasteiger charge is -2.40. The summed E-state index contributed by atoms with van der Waals surface area (Å²) in [6.45, 7) is 3.92. The molecule has 0 aliphatic carbocycles. The first kappa shape index (κ1) is 32.0. The van der Waals surface area contributed by atoms with E-state index in [1.807, 2.05) is 22.9 Å². The smallest absolute Gasteiger partial charge is 0.370 e. The molecule has 3 fully saturated rings. The molecular formula is C30H34Cl2F4N4O3. The molecule has 7 nitrogen and oxygen atoms in total. The normalized spacial score (nSPS) is 22.6. The number of piperidine rings is 1. The van der Waals surface area contributed by atoms with E-state index in [2.05, 4.69) is 4.90 Å². The molecule has 0 saturated carbocycles. The molecule has 0 bridgehead atoms. The van der Waals surface area contributed by atoms with Crippen LogP contribution in [0.25, 0.3) is 0 Å². The highest BCUT2D eigenvalue weighted by Gasteiger charge is 2.40. The van der Waals surface area contributed by atoms with Crippen LogP contribution in [0.5, 0.6) is 0 Å². The molecule has 0 aromatic heterocycles. The second kappa shape index (κ2) is 13.3. The Bertz CT molecular complexity index is 1340. The van der Waals surface area contributed by atoms with Gasteiger partial charge in [0, 0.05) is 57.3 Å². The van der Waals surface area contributed by atoms with Gasteiger partial charge in [0.1, 0.15) is 12.4 Å². The van der Waals surface area contributed by atoms with E-state index in [-0.39, 0.29) is 49.5 Å². The van der Waals surface area contributed by atoms with Crippen molar-refractivity contribution in [2.24, 2.45) is 0 Å². The van der Waals surface area contributed by atoms with E-state index < -0.39 is 17.6 Å². The van der Waals surface area contributed by atoms with E-state index in [1.165, 1.54) is 6.07 Å². The molecule has 43 heavy (non-hydrogen) atoms. The summed E-state index contributed by atoms with van der Waals surface area (Å²) in [6, 6.07) is 8.25. The predicted octanol–water partition coefficient (Wildman–Crippen LogP) is 4.90. The van der Waals surface area contributed by atoms with Crippen LogP contribution in [-0.2, 0) is 27.0 Å². The molecule has 3 aliphatic rings. The molecule has 3 heterocycles.